The standard InChI is InChI=1S/C32H36O5Si2/c1-33-21-25-13-5-9-17-29(25)38(30-18-10-6-14-26(30)22-34-2)37-39(31-19-11-7-15-27(31)23-35-3)32-20-12-8-16-28(32)24-36-4/h5-20H,21-24H2,1-4H3. The van der Waals surface area contributed by atoms with E-state index >= 15 is 0 Å². The predicted octanol–water partition coefficient (Wildman–Crippen LogP) is 3.20. The summed E-state index contributed by atoms with van der Waals surface area (Å²) in [5.41, 5.74) is 4.55. The second-order valence-corrected chi connectivity index (χ2v) is 13.4. The molecule has 7 heteroatoms. The van der Waals surface area contributed by atoms with E-state index in [0.29, 0.717) is 26.4 Å². The highest BCUT2D eigenvalue weighted by atomic mass is 28.4. The highest BCUT2D eigenvalue weighted by molar-refractivity contribution is 6.92. The Balaban J connectivity index is 1.95. The van der Waals surface area contributed by atoms with Gasteiger partial charge in [0.05, 0.1) is 26.4 Å². The summed E-state index contributed by atoms with van der Waals surface area (Å²) in [5.74, 6) is 0. The van der Waals surface area contributed by atoms with Crippen LogP contribution in [-0.2, 0) is 49.5 Å². The number of methoxy groups -OCH3 is 4. The summed E-state index contributed by atoms with van der Waals surface area (Å²) in [6.07, 6.45) is 0. The molecule has 0 aliphatic rings. The second kappa shape index (κ2) is 15.0. The van der Waals surface area contributed by atoms with Crippen LogP contribution in [0.15, 0.2) is 97.1 Å². The molecular formula is C32H36O5Si2. The van der Waals surface area contributed by atoms with Gasteiger partial charge in [0.15, 0.2) is 0 Å². The van der Waals surface area contributed by atoms with Crippen molar-refractivity contribution in [1.82, 2.24) is 0 Å². The molecular weight excluding hydrogens is 521 g/mol. The van der Waals surface area contributed by atoms with Gasteiger partial charge in [-0.25, -0.2) is 0 Å². The number of benzene rings is 4. The van der Waals surface area contributed by atoms with Gasteiger partial charge in [0.1, 0.15) is 0 Å². The van der Waals surface area contributed by atoms with Crippen molar-refractivity contribution in [2.24, 2.45) is 0 Å². The minimum atomic E-state index is -1.75. The van der Waals surface area contributed by atoms with Crippen LogP contribution in [0.2, 0.25) is 0 Å². The number of hydrogen-bond donors (Lipinski definition) is 0. The van der Waals surface area contributed by atoms with Crippen molar-refractivity contribution in [2.75, 3.05) is 28.4 Å². The first-order valence-corrected chi connectivity index (χ1v) is 15.7. The fraction of sp³-hybridized carbons (Fsp3) is 0.250. The van der Waals surface area contributed by atoms with Crippen LogP contribution in [0.1, 0.15) is 22.3 Å². The van der Waals surface area contributed by atoms with Crippen LogP contribution in [0, 0.1) is 0 Å². The third-order valence-electron chi connectivity index (χ3n) is 6.45. The van der Waals surface area contributed by atoms with Gasteiger partial charge < -0.3 is 23.1 Å². The Morgan fingerprint density at radius 3 is 0.846 bits per heavy atom. The summed E-state index contributed by atoms with van der Waals surface area (Å²) in [4.78, 5) is 0. The molecule has 4 aromatic carbocycles. The van der Waals surface area contributed by atoms with Gasteiger partial charge in [0.2, 0.25) is 0 Å². The van der Waals surface area contributed by atoms with E-state index in [9.17, 15) is 0 Å². The van der Waals surface area contributed by atoms with E-state index in [-0.39, 0.29) is 0 Å². The van der Waals surface area contributed by atoms with E-state index in [4.69, 9.17) is 23.1 Å². The van der Waals surface area contributed by atoms with E-state index < -0.39 is 18.1 Å². The minimum absolute atomic E-state index is 0.517. The van der Waals surface area contributed by atoms with Gasteiger partial charge in [-0.1, -0.05) is 97.1 Å². The van der Waals surface area contributed by atoms with Gasteiger partial charge in [-0.2, -0.15) is 0 Å². The maximum atomic E-state index is 7.52. The zero-order valence-corrected chi connectivity index (χ0v) is 25.1. The van der Waals surface area contributed by atoms with Crippen molar-refractivity contribution in [3.8, 4) is 0 Å². The van der Waals surface area contributed by atoms with Gasteiger partial charge in [-0.15, -0.1) is 0 Å². The summed E-state index contributed by atoms with van der Waals surface area (Å²) in [6.45, 7) is 2.07. The van der Waals surface area contributed by atoms with Crippen molar-refractivity contribution in [2.45, 2.75) is 26.4 Å². The van der Waals surface area contributed by atoms with Crippen LogP contribution < -0.4 is 20.7 Å². The van der Waals surface area contributed by atoms with E-state index in [1.807, 2.05) is 0 Å². The van der Waals surface area contributed by atoms with E-state index in [1.165, 1.54) is 20.7 Å². The van der Waals surface area contributed by atoms with E-state index in [2.05, 4.69) is 97.1 Å². The Hall–Kier alpha value is -2.89. The molecule has 2 radical (unpaired) electrons. The molecule has 0 saturated heterocycles. The fourth-order valence-corrected chi connectivity index (χ4v) is 10.6. The average Bonchev–Trinajstić information content (AvgIpc) is 2.97. The zero-order chi connectivity index (χ0) is 27.5. The fourth-order valence-electron chi connectivity index (χ4n) is 4.70. The van der Waals surface area contributed by atoms with Crippen LogP contribution in [0.5, 0.6) is 0 Å². The zero-order valence-electron chi connectivity index (χ0n) is 23.1. The highest BCUT2D eigenvalue weighted by Crippen LogP contribution is 2.11. The molecule has 0 aromatic heterocycles. The highest BCUT2D eigenvalue weighted by Gasteiger charge is 2.33. The first kappa shape index (κ1) is 29.1. The van der Waals surface area contributed by atoms with Crippen LogP contribution in [0.3, 0.4) is 0 Å². The molecule has 0 amide bonds. The van der Waals surface area contributed by atoms with Crippen molar-refractivity contribution < 1.29 is 23.1 Å². The molecule has 5 nitrogen and oxygen atoms in total. The first-order chi connectivity index (χ1) is 19.2. The molecule has 0 bridgehead atoms. The summed E-state index contributed by atoms with van der Waals surface area (Å²) < 4.78 is 30.0. The average molecular weight is 557 g/mol. The molecule has 39 heavy (non-hydrogen) atoms. The molecule has 0 saturated carbocycles. The lowest BCUT2D eigenvalue weighted by atomic mass is 10.2. The maximum Gasteiger partial charge on any atom is 0.273 e. The van der Waals surface area contributed by atoms with Crippen molar-refractivity contribution in [1.29, 1.82) is 0 Å². The quantitative estimate of drug-likeness (QED) is 0.223. The van der Waals surface area contributed by atoms with E-state index in [0.717, 1.165) is 22.3 Å². The maximum absolute atomic E-state index is 7.52. The largest absolute Gasteiger partial charge is 0.442 e. The first-order valence-electron chi connectivity index (χ1n) is 12.9. The van der Waals surface area contributed by atoms with Crippen LogP contribution >= 0.6 is 0 Å². The lowest BCUT2D eigenvalue weighted by molar-refractivity contribution is 0.185. The van der Waals surface area contributed by atoms with Gasteiger partial charge in [-0.3, -0.25) is 0 Å². The minimum Gasteiger partial charge on any atom is -0.442 e. The van der Waals surface area contributed by atoms with Crippen LogP contribution in [-0.4, -0.2) is 46.5 Å². The normalized spacial score (nSPS) is 11.4. The molecule has 4 rings (SSSR count). The molecule has 0 aliphatic carbocycles. The van der Waals surface area contributed by atoms with Crippen molar-refractivity contribution >= 4 is 38.8 Å². The summed E-state index contributed by atoms with van der Waals surface area (Å²) in [5, 5.41) is 4.74. The topological polar surface area (TPSA) is 46.2 Å². The van der Waals surface area contributed by atoms with E-state index in [1.54, 1.807) is 28.4 Å². The smallest absolute Gasteiger partial charge is 0.273 e. The third kappa shape index (κ3) is 7.20. The molecule has 0 aliphatic heterocycles. The Labute approximate surface area is 235 Å². The lowest BCUT2D eigenvalue weighted by Gasteiger charge is -2.28. The number of rotatable bonds is 14. The van der Waals surface area contributed by atoms with Crippen molar-refractivity contribution in [3.63, 3.8) is 0 Å². The molecule has 0 N–H and O–H groups in total. The molecule has 0 spiro atoms. The summed E-state index contributed by atoms with van der Waals surface area (Å²) in [6, 6.07) is 33.9. The molecule has 0 atom stereocenters. The van der Waals surface area contributed by atoms with Gasteiger partial charge in [0, 0.05) is 28.4 Å². The Morgan fingerprint density at radius 2 is 0.615 bits per heavy atom. The molecule has 202 valence electrons. The van der Waals surface area contributed by atoms with Crippen molar-refractivity contribution in [3.05, 3.63) is 119 Å². The molecule has 4 aromatic rings. The van der Waals surface area contributed by atoms with Gasteiger partial charge in [0.25, 0.3) is 18.1 Å². The predicted molar refractivity (Wildman–Crippen MR) is 160 cm³/mol. The van der Waals surface area contributed by atoms with Crippen LogP contribution in [0.4, 0.5) is 0 Å². The third-order valence-corrected chi connectivity index (χ3v) is 12.0. The molecule has 0 heterocycles. The summed E-state index contributed by atoms with van der Waals surface area (Å²) >= 11 is 0. The Morgan fingerprint density at radius 1 is 0.385 bits per heavy atom. The SMILES string of the molecule is COCc1ccccc1[Si](O[Si](c1ccccc1COC)c1ccccc1COC)c1ccccc1COC. The van der Waals surface area contributed by atoms with Crippen LogP contribution in [0.25, 0.3) is 0 Å². The summed E-state index contributed by atoms with van der Waals surface area (Å²) in [7, 11) is 3.44. The second-order valence-electron chi connectivity index (χ2n) is 9.12. The van der Waals surface area contributed by atoms with Gasteiger partial charge >= 0.3 is 0 Å². The molecule has 0 fully saturated rings. The van der Waals surface area contributed by atoms with Gasteiger partial charge in [-0.05, 0) is 43.0 Å². The lowest BCUT2D eigenvalue weighted by Crippen LogP contribution is -2.58. The monoisotopic (exact) mass is 556 g/mol. The molecule has 0 unspecified atom stereocenters. The Bertz CT molecular complexity index is 1130. The number of ether oxygens (including phenoxy) is 4. The number of hydrogen-bond acceptors (Lipinski definition) is 5. The Kier molecular flexibility index (Phi) is 11.2.